The number of ether oxygens (including phenoxy) is 1. The summed E-state index contributed by atoms with van der Waals surface area (Å²) in [7, 11) is 0. The predicted molar refractivity (Wildman–Crippen MR) is 67.3 cm³/mol. The van der Waals surface area contributed by atoms with Crippen molar-refractivity contribution in [3.63, 3.8) is 0 Å². The van der Waals surface area contributed by atoms with Gasteiger partial charge in [-0.3, -0.25) is 4.79 Å². The van der Waals surface area contributed by atoms with Crippen LogP contribution in [-0.4, -0.2) is 28.8 Å². The number of benzene rings is 1. The first-order valence-electron chi connectivity index (χ1n) is 5.98. The van der Waals surface area contributed by atoms with Crippen molar-refractivity contribution >= 4 is 5.97 Å². The zero-order chi connectivity index (χ0) is 13.5. The summed E-state index contributed by atoms with van der Waals surface area (Å²) in [5, 5.41) is 18.9. The summed E-state index contributed by atoms with van der Waals surface area (Å²) < 4.78 is 4.98. The number of rotatable bonds is 6. The highest BCUT2D eigenvalue weighted by Gasteiger charge is 2.18. The minimum Gasteiger partial charge on any atom is -0.504 e. The Labute approximate surface area is 106 Å². The molecule has 5 nitrogen and oxygen atoms in total. The second-order valence-corrected chi connectivity index (χ2v) is 4.12. The van der Waals surface area contributed by atoms with E-state index in [1.54, 1.807) is 12.1 Å². The molecule has 5 heteroatoms. The van der Waals surface area contributed by atoms with Crippen LogP contribution in [0.15, 0.2) is 18.2 Å². The molecule has 1 atom stereocenters. The Balaban J connectivity index is 2.56. The standard InChI is InChI=1S/C13H19NO4/c1-2-3-7-18-13(17)10(14)8-9-5-4-6-11(15)12(9)16/h4-6,10,15-16H,2-3,7-8,14H2,1H3/t10-/m0/s1. The maximum Gasteiger partial charge on any atom is 0.323 e. The largest absolute Gasteiger partial charge is 0.504 e. The Morgan fingerprint density at radius 1 is 1.44 bits per heavy atom. The molecule has 0 aliphatic carbocycles. The van der Waals surface area contributed by atoms with E-state index in [9.17, 15) is 15.0 Å². The Morgan fingerprint density at radius 3 is 2.83 bits per heavy atom. The maximum atomic E-state index is 11.5. The quantitative estimate of drug-likeness (QED) is 0.404. The summed E-state index contributed by atoms with van der Waals surface area (Å²) >= 11 is 0. The van der Waals surface area contributed by atoms with Crippen LogP contribution in [0.5, 0.6) is 11.5 Å². The van der Waals surface area contributed by atoms with Crippen molar-refractivity contribution < 1.29 is 19.7 Å². The van der Waals surface area contributed by atoms with Crippen molar-refractivity contribution in [2.45, 2.75) is 32.2 Å². The summed E-state index contributed by atoms with van der Waals surface area (Å²) in [5.41, 5.74) is 6.11. The minimum atomic E-state index is -0.838. The predicted octanol–water partition coefficient (Wildman–Crippen LogP) is 1.31. The molecular formula is C13H19NO4. The Bertz CT molecular complexity index is 406. The van der Waals surface area contributed by atoms with Crippen LogP contribution in [0, 0.1) is 0 Å². The lowest BCUT2D eigenvalue weighted by molar-refractivity contribution is -0.145. The molecule has 0 radical (unpaired) electrons. The van der Waals surface area contributed by atoms with Gasteiger partial charge < -0.3 is 20.7 Å². The Morgan fingerprint density at radius 2 is 2.17 bits per heavy atom. The van der Waals surface area contributed by atoms with Gasteiger partial charge in [0.25, 0.3) is 0 Å². The molecule has 0 aromatic heterocycles. The molecule has 0 spiro atoms. The van der Waals surface area contributed by atoms with E-state index < -0.39 is 12.0 Å². The molecule has 18 heavy (non-hydrogen) atoms. The zero-order valence-electron chi connectivity index (χ0n) is 10.4. The molecular weight excluding hydrogens is 234 g/mol. The average molecular weight is 253 g/mol. The summed E-state index contributed by atoms with van der Waals surface area (Å²) in [6, 6.07) is 3.71. The zero-order valence-corrected chi connectivity index (χ0v) is 10.4. The lowest BCUT2D eigenvalue weighted by Crippen LogP contribution is -2.34. The number of nitrogens with two attached hydrogens (primary N) is 1. The van der Waals surface area contributed by atoms with E-state index in [4.69, 9.17) is 10.5 Å². The number of esters is 1. The third-order valence-electron chi connectivity index (χ3n) is 2.58. The topological polar surface area (TPSA) is 92.8 Å². The summed E-state index contributed by atoms with van der Waals surface area (Å²) in [6.07, 6.45) is 1.87. The average Bonchev–Trinajstić information content (AvgIpc) is 2.35. The second kappa shape index (κ2) is 6.86. The number of unbranched alkanes of at least 4 members (excludes halogenated alkanes) is 1. The monoisotopic (exact) mass is 253 g/mol. The van der Waals surface area contributed by atoms with Crippen LogP contribution in [0.3, 0.4) is 0 Å². The molecule has 0 heterocycles. The molecule has 0 aliphatic rings. The summed E-state index contributed by atoms with van der Waals surface area (Å²) in [6.45, 7) is 2.35. The molecule has 0 saturated carbocycles. The van der Waals surface area contributed by atoms with Crippen LogP contribution < -0.4 is 5.73 Å². The molecule has 1 aromatic carbocycles. The molecule has 0 amide bonds. The van der Waals surface area contributed by atoms with Gasteiger partial charge in [0.1, 0.15) is 6.04 Å². The molecule has 0 fully saturated rings. The van der Waals surface area contributed by atoms with Crippen LogP contribution in [-0.2, 0) is 16.0 Å². The van der Waals surface area contributed by atoms with Crippen molar-refractivity contribution in [2.24, 2.45) is 5.73 Å². The number of phenols is 2. The summed E-state index contributed by atoms with van der Waals surface area (Å²) in [5.74, 6) is -0.959. The van der Waals surface area contributed by atoms with Crippen LogP contribution in [0.1, 0.15) is 25.3 Å². The van der Waals surface area contributed by atoms with Gasteiger partial charge in [-0.2, -0.15) is 0 Å². The highest BCUT2D eigenvalue weighted by molar-refractivity contribution is 5.76. The Kier molecular flexibility index (Phi) is 5.45. The minimum absolute atomic E-state index is 0.130. The van der Waals surface area contributed by atoms with Gasteiger partial charge >= 0.3 is 5.97 Å². The number of para-hydroxylation sites is 1. The molecule has 0 saturated heterocycles. The highest BCUT2D eigenvalue weighted by Crippen LogP contribution is 2.28. The molecule has 0 unspecified atom stereocenters. The fraction of sp³-hybridized carbons (Fsp3) is 0.462. The molecule has 4 N–H and O–H groups in total. The molecule has 100 valence electrons. The van der Waals surface area contributed by atoms with Crippen molar-refractivity contribution in [3.05, 3.63) is 23.8 Å². The van der Waals surface area contributed by atoms with E-state index in [0.717, 1.165) is 12.8 Å². The Hall–Kier alpha value is -1.75. The summed E-state index contributed by atoms with van der Waals surface area (Å²) in [4.78, 5) is 11.5. The van der Waals surface area contributed by atoms with E-state index in [2.05, 4.69) is 0 Å². The third kappa shape index (κ3) is 3.92. The smallest absolute Gasteiger partial charge is 0.323 e. The molecule has 1 aromatic rings. The first-order chi connectivity index (χ1) is 8.56. The number of hydrogen-bond donors (Lipinski definition) is 3. The molecule has 0 bridgehead atoms. The SMILES string of the molecule is CCCCOC(=O)[C@@H](N)Cc1cccc(O)c1O. The van der Waals surface area contributed by atoms with Gasteiger partial charge in [-0.05, 0) is 18.1 Å². The molecule has 1 rings (SSSR count). The van der Waals surface area contributed by atoms with Crippen molar-refractivity contribution in [1.82, 2.24) is 0 Å². The van der Waals surface area contributed by atoms with Gasteiger partial charge in [0.05, 0.1) is 6.61 Å². The molecule has 0 aliphatic heterocycles. The second-order valence-electron chi connectivity index (χ2n) is 4.12. The van der Waals surface area contributed by atoms with E-state index in [1.807, 2.05) is 6.92 Å². The lowest BCUT2D eigenvalue weighted by Gasteiger charge is -2.12. The van der Waals surface area contributed by atoms with Gasteiger partial charge in [-0.25, -0.2) is 0 Å². The van der Waals surface area contributed by atoms with Crippen LogP contribution >= 0.6 is 0 Å². The number of carbonyl (C=O) groups excluding carboxylic acids is 1. The first kappa shape index (κ1) is 14.3. The van der Waals surface area contributed by atoms with Crippen molar-refractivity contribution in [2.75, 3.05) is 6.61 Å². The number of carbonyl (C=O) groups is 1. The van der Waals surface area contributed by atoms with E-state index in [0.29, 0.717) is 12.2 Å². The van der Waals surface area contributed by atoms with Gasteiger partial charge in [0.15, 0.2) is 11.5 Å². The normalized spacial score (nSPS) is 12.1. The van der Waals surface area contributed by atoms with E-state index >= 15 is 0 Å². The first-order valence-corrected chi connectivity index (χ1v) is 5.98. The fourth-order valence-electron chi connectivity index (χ4n) is 1.49. The van der Waals surface area contributed by atoms with Crippen LogP contribution in [0.2, 0.25) is 0 Å². The van der Waals surface area contributed by atoms with E-state index in [1.165, 1.54) is 6.07 Å². The van der Waals surface area contributed by atoms with Gasteiger partial charge in [-0.15, -0.1) is 0 Å². The van der Waals surface area contributed by atoms with Crippen LogP contribution in [0.4, 0.5) is 0 Å². The number of aromatic hydroxyl groups is 2. The lowest BCUT2D eigenvalue weighted by atomic mass is 10.1. The van der Waals surface area contributed by atoms with E-state index in [-0.39, 0.29) is 17.9 Å². The van der Waals surface area contributed by atoms with Crippen LogP contribution in [0.25, 0.3) is 0 Å². The van der Waals surface area contributed by atoms with Gasteiger partial charge in [0.2, 0.25) is 0 Å². The highest BCUT2D eigenvalue weighted by atomic mass is 16.5. The number of hydrogen-bond acceptors (Lipinski definition) is 5. The van der Waals surface area contributed by atoms with Crippen molar-refractivity contribution in [3.8, 4) is 11.5 Å². The van der Waals surface area contributed by atoms with Crippen molar-refractivity contribution in [1.29, 1.82) is 0 Å². The number of phenolic OH excluding ortho intramolecular Hbond substituents is 2. The fourth-order valence-corrected chi connectivity index (χ4v) is 1.49. The van der Waals surface area contributed by atoms with Gasteiger partial charge in [0, 0.05) is 6.42 Å². The third-order valence-corrected chi connectivity index (χ3v) is 2.58. The van der Waals surface area contributed by atoms with Gasteiger partial charge in [-0.1, -0.05) is 25.5 Å². The maximum absolute atomic E-state index is 11.5.